The normalized spacial score (nSPS) is 11.2. The number of carbonyl (C=O) groups is 1. The van der Waals surface area contributed by atoms with E-state index in [0.29, 0.717) is 5.56 Å². The van der Waals surface area contributed by atoms with Gasteiger partial charge in [-0.2, -0.15) is 0 Å². The highest BCUT2D eigenvalue weighted by molar-refractivity contribution is 5.85. The van der Waals surface area contributed by atoms with E-state index >= 15 is 0 Å². The van der Waals surface area contributed by atoms with E-state index in [2.05, 4.69) is 0 Å². The molecule has 0 saturated heterocycles. The van der Waals surface area contributed by atoms with Gasteiger partial charge in [0.15, 0.2) is 11.6 Å². The van der Waals surface area contributed by atoms with Crippen LogP contribution in [0.4, 0.5) is 4.39 Å². The molecule has 1 N–H and O–H groups in total. The van der Waals surface area contributed by atoms with Crippen molar-refractivity contribution in [3.05, 3.63) is 47.8 Å². The van der Waals surface area contributed by atoms with Crippen LogP contribution in [-0.4, -0.2) is 17.7 Å². The molecular formula is C13H13FO3. The van der Waals surface area contributed by atoms with Crippen LogP contribution < -0.4 is 4.74 Å². The van der Waals surface area contributed by atoms with E-state index in [0.717, 1.165) is 6.08 Å². The topological polar surface area (TPSA) is 46.5 Å². The summed E-state index contributed by atoms with van der Waals surface area (Å²) in [6.45, 7) is 2.07. The monoisotopic (exact) mass is 236 g/mol. The quantitative estimate of drug-likeness (QED) is 0.631. The standard InChI is InChI=1S/C13H13FO3/c1-2-3-9-17-13-10(7-8-12(15)16)5-4-6-11(13)14/h2-8H,9H2,1H3,(H,15,16)/b3-2+,8-7+. The van der Waals surface area contributed by atoms with E-state index in [-0.39, 0.29) is 12.4 Å². The van der Waals surface area contributed by atoms with Crippen LogP contribution in [0.25, 0.3) is 6.08 Å². The Kier molecular flexibility index (Phi) is 4.94. The minimum absolute atomic E-state index is 0.0584. The van der Waals surface area contributed by atoms with Crippen LogP contribution in [0, 0.1) is 5.82 Å². The summed E-state index contributed by atoms with van der Waals surface area (Å²) in [7, 11) is 0. The summed E-state index contributed by atoms with van der Waals surface area (Å²) in [5, 5.41) is 8.52. The zero-order chi connectivity index (χ0) is 12.7. The maximum Gasteiger partial charge on any atom is 0.328 e. The Morgan fingerprint density at radius 3 is 2.94 bits per heavy atom. The molecule has 0 spiro atoms. The van der Waals surface area contributed by atoms with Crippen LogP contribution in [0.1, 0.15) is 12.5 Å². The third kappa shape index (κ3) is 4.10. The fraction of sp³-hybridized carbons (Fsp3) is 0.154. The number of ether oxygens (including phenoxy) is 1. The van der Waals surface area contributed by atoms with Gasteiger partial charge in [0, 0.05) is 11.6 Å². The van der Waals surface area contributed by atoms with Crippen LogP contribution in [0.5, 0.6) is 5.75 Å². The molecule has 0 aromatic heterocycles. The number of para-hydroxylation sites is 1. The molecule has 0 aliphatic rings. The summed E-state index contributed by atoms with van der Waals surface area (Å²) >= 11 is 0. The Hall–Kier alpha value is -2.10. The molecular weight excluding hydrogens is 223 g/mol. The molecule has 17 heavy (non-hydrogen) atoms. The lowest BCUT2D eigenvalue weighted by molar-refractivity contribution is -0.131. The van der Waals surface area contributed by atoms with E-state index in [1.54, 1.807) is 18.2 Å². The number of hydrogen-bond donors (Lipinski definition) is 1. The Balaban J connectivity index is 2.95. The van der Waals surface area contributed by atoms with Crippen molar-refractivity contribution in [3.8, 4) is 5.75 Å². The SMILES string of the molecule is C/C=C/COc1c(F)cccc1/C=C/C(=O)O. The number of allylic oxidation sites excluding steroid dienone is 1. The highest BCUT2D eigenvalue weighted by Crippen LogP contribution is 2.23. The van der Waals surface area contributed by atoms with Gasteiger partial charge in [-0.25, -0.2) is 9.18 Å². The number of rotatable bonds is 5. The van der Waals surface area contributed by atoms with Gasteiger partial charge >= 0.3 is 5.97 Å². The molecule has 0 aliphatic carbocycles. The van der Waals surface area contributed by atoms with Crippen LogP contribution in [0.15, 0.2) is 36.4 Å². The molecule has 0 bridgehead atoms. The largest absolute Gasteiger partial charge is 0.486 e. The minimum atomic E-state index is -1.09. The zero-order valence-corrected chi connectivity index (χ0v) is 9.39. The molecule has 1 aromatic rings. The zero-order valence-electron chi connectivity index (χ0n) is 9.39. The van der Waals surface area contributed by atoms with Gasteiger partial charge in [0.1, 0.15) is 6.61 Å². The number of halogens is 1. The van der Waals surface area contributed by atoms with Gasteiger partial charge in [0.25, 0.3) is 0 Å². The minimum Gasteiger partial charge on any atom is -0.486 e. The van der Waals surface area contributed by atoms with E-state index in [1.165, 1.54) is 18.2 Å². The van der Waals surface area contributed by atoms with Crippen molar-refractivity contribution in [2.45, 2.75) is 6.92 Å². The number of benzene rings is 1. The number of hydrogen-bond acceptors (Lipinski definition) is 2. The van der Waals surface area contributed by atoms with Gasteiger partial charge in [-0.05, 0) is 19.1 Å². The molecule has 3 nitrogen and oxygen atoms in total. The fourth-order valence-corrected chi connectivity index (χ4v) is 1.20. The first-order valence-electron chi connectivity index (χ1n) is 5.08. The van der Waals surface area contributed by atoms with E-state index in [4.69, 9.17) is 9.84 Å². The van der Waals surface area contributed by atoms with E-state index in [9.17, 15) is 9.18 Å². The Morgan fingerprint density at radius 1 is 1.53 bits per heavy atom. The van der Waals surface area contributed by atoms with Crippen molar-refractivity contribution < 1.29 is 19.0 Å². The summed E-state index contributed by atoms with van der Waals surface area (Å²) in [6.07, 6.45) is 5.76. The van der Waals surface area contributed by atoms with Crippen molar-refractivity contribution in [1.29, 1.82) is 0 Å². The van der Waals surface area contributed by atoms with Gasteiger partial charge in [-0.15, -0.1) is 0 Å². The fourth-order valence-electron chi connectivity index (χ4n) is 1.20. The van der Waals surface area contributed by atoms with Gasteiger partial charge < -0.3 is 9.84 Å². The van der Waals surface area contributed by atoms with Crippen molar-refractivity contribution in [2.24, 2.45) is 0 Å². The summed E-state index contributed by atoms with van der Waals surface area (Å²) in [5.74, 6) is -1.54. The van der Waals surface area contributed by atoms with Crippen molar-refractivity contribution in [2.75, 3.05) is 6.61 Å². The van der Waals surface area contributed by atoms with Crippen molar-refractivity contribution in [1.82, 2.24) is 0 Å². The molecule has 0 amide bonds. The third-order valence-corrected chi connectivity index (χ3v) is 1.96. The molecule has 4 heteroatoms. The number of carboxylic acid groups (broad SMARTS) is 1. The second kappa shape index (κ2) is 6.48. The summed E-state index contributed by atoms with van der Waals surface area (Å²) in [5.41, 5.74) is 0.400. The highest BCUT2D eigenvalue weighted by Gasteiger charge is 2.07. The Labute approximate surface area is 98.8 Å². The second-order valence-electron chi connectivity index (χ2n) is 3.21. The molecule has 0 aliphatic heterocycles. The number of aliphatic carboxylic acids is 1. The van der Waals surface area contributed by atoms with Crippen molar-refractivity contribution in [3.63, 3.8) is 0 Å². The second-order valence-corrected chi connectivity index (χ2v) is 3.21. The molecule has 0 atom stereocenters. The first-order valence-corrected chi connectivity index (χ1v) is 5.08. The van der Waals surface area contributed by atoms with Crippen molar-refractivity contribution >= 4 is 12.0 Å². The average molecular weight is 236 g/mol. The lowest BCUT2D eigenvalue weighted by Crippen LogP contribution is -1.98. The molecule has 90 valence electrons. The number of carboxylic acids is 1. The summed E-state index contributed by atoms with van der Waals surface area (Å²) in [6, 6.07) is 4.36. The van der Waals surface area contributed by atoms with Gasteiger partial charge in [0.2, 0.25) is 0 Å². The first kappa shape index (κ1) is 13.0. The average Bonchev–Trinajstić information content (AvgIpc) is 2.29. The lowest BCUT2D eigenvalue weighted by atomic mass is 10.2. The van der Waals surface area contributed by atoms with Gasteiger partial charge in [0.05, 0.1) is 0 Å². The smallest absolute Gasteiger partial charge is 0.328 e. The summed E-state index contributed by atoms with van der Waals surface area (Å²) in [4.78, 5) is 10.4. The van der Waals surface area contributed by atoms with Crippen LogP contribution in [0.3, 0.4) is 0 Å². The maximum absolute atomic E-state index is 13.5. The Morgan fingerprint density at radius 2 is 2.29 bits per heavy atom. The Bertz CT molecular complexity index is 450. The molecule has 1 rings (SSSR count). The lowest BCUT2D eigenvalue weighted by Gasteiger charge is -2.07. The third-order valence-electron chi connectivity index (χ3n) is 1.96. The molecule has 0 fully saturated rings. The first-order chi connectivity index (χ1) is 8.15. The molecule has 0 unspecified atom stereocenters. The van der Waals surface area contributed by atoms with E-state index < -0.39 is 11.8 Å². The van der Waals surface area contributed by atoms with E-state index in [1.807, 2.05) is 6.92 Å². The van der Waals surface area contributed by atoms with Crippen LogP contribution in [0.2, 0.25) is 0 Å². The van der Waals surface area contributed by atoms with Crippen LogP contribution >= 0.6 is 0 Å². The van der Waals surface area contributed by atoms with Gasteiger partial charge in [-0.1, -0.05) is 24.3 Å². The van der Waals surface area contributed by atoms with Crippen LogP contribution in [-0.2, 0) is 4.79 Å². The molecule has 1 aromatic carbocycles. The molecule has 0 heterocycles. The molecule has 0 radical (unpaired) electrons. The highest BCUT2D eigenvalue weighted by atomic mass is 19.1. The molecule has 0 saturated carbocycles. The predicted molar refractivity (Wildman–Crippen MR) is 63.4 cm³/mol. The summed E-state index contributed by atoms with van der Waals surface area (Å²) < 4.78 is 18.7. The predicted octanol–water partition coefficient (Wildman–Crippen LogP) is 2.88. The van der Waals surface area contributed by atoms with Gasteiger partial charge in [-0.3, -0.25) is 0 Å². The maximum atomic E-state index is 13.5.